The van der Waals surface area contributed by atoms with Gasteiger partial charge in [-0.2, -0.15) is 0 Å². The second kappa shape index (κ2) is 10.8. The van der Waals surface area contributed by atoms with E-state index in [4.69, 9.17) is 13.9 Å². The molecule has 7 nitrogen and oxygen atoms in total. The van der Waals surface area contributed by atoms with Crippen molar-refractivity contribution in [2.45, 2.75) is 32.0 Å². The van der Waals surface area contributed by atoms with Crippen LogP contribution in [0.3, 0.4) is 0 Å². The molecule has 1 aromatic heterocycles. The highest BCUT2D eigenvalue weighted by Crippen LogP contribution is 2.19. The highest BCUT2D eigenvalue weighted by atomic mass is 16.5. The summed E-state index contributed by atoms with van der Waals surface area (Å²) < 4.78 is 16.9. The van der Waals surface area contributed by atoms with Gasteiger partial charge in [-0.3, -0.25) is 9.59 Å². The van der Waals surface area contributed by atoms with Gasteiger partial charge in [0, 0.05) is 31.3 Å². The molecule has 0 spiro atoms. The molecule has 4 rings (SSSR count). The lowest BCUT2D eigenvalue weighted by atomic mass is 10.1. The monoisotopic (exact) mass is 448 g/mol. The zero-order valence-corrected chi connectivity index (χ0v) is 18.7. The Bertz CT molecular complexity index is 1040. The first-order valence-corrected chi connectivity index (χ1v) is 11.1. The van der Waals surface area contributed by atoms with Crippen LogP contribution >= 0.6 is 0 Å². The van der Waals surface area contributed by atoms with Crippen molar-refractivity contribution in [3.8, 4) is 5.75 Å². The van der Waals surface area contributed by atoms with Crippen LogP contribution in [-0.4, -0.2) is 43.1 Å². The Kier molecular flexibility index (Phi) is 7.42. The van der Waals surface area contributed by atoms with Crippen LogP contribution in [0.2, 0.25) is 0 Å². The summed E-state index contributed by atoms with van der Waals surface area (Å²) in [5, 5.41) is 2.61. The molecule has 33 heavy (non-hydrogen) atoms. The van der Waals surface area contributed by atoms with E-state index in [9.17, 15) is 9.59 Å². The molecule has 2 amide bonds. The number of nitrogens with zero attached hydrogens (tertiary/aromatic N) is 1. The number of amides is 2. The maximum absolute atomic E-state index is 13.3. The number of hydrogen-bond acceptors (Lipinski definition) is 5. The lowest BCUT2D eigenvalue weighted by molar-refractivity contribution is 0.0677. The lowest BCUT2D eigenvalue weighted by Crippen LogP contribution is -2.30. The maximum Gasteiger partial charge on any atom is 0.254 e. The van der Waals surface area contributed by atoms with E-state index in [1.165, 1.54) is 0 Å². The van der Waals surface area contributed by atoms with E-state index in [2.05, 4.69) is 5.32 Å². The zero-order valence-electron chi connectivity index (χ0n) is 18.7. The number of hydrogen-bond donors (Lipinski definition) is 1. The largest absolute Gasteiger partial charge is 0.491 e. The van der Waals surface area contributed by atoms with Gasteiger partial charge < -0.3 is 24.1 Å². The number of carbonyl (C=O) groups is 2. The van der Waals surface area contributed by atoms with Gasteiger partial charge in [-0.25, -0.2) is 0 Å². The van der Waals surface area contributed by atoms with Crippen LogP contribution in [0.15, 0.2) is 71.3 Å². The van der Waals surface area contributed by atoms with Crippen molar-refractivity contribution < 1.29 is 23.5 Å². The fourth-order valence-electron chi connectivity index (χ4n) is 3.76. The molecule has 1 saturated heterocycles. The van der Waals surface area contributed by atoms with E-state index in [-0.39, 0.29) is 17.9 Å². The first-order valence-electron chi connectivity index (χ1n) is 11.1. The van der Waals surface area contributed by atoms with Crippen LogP contribution in [0.5, 0.6) is 5.75 Å². The third-order valence-corrected chi connectivity index (χ3v) is 5.59. The van der Waals surface area contributed by atoms with Crippen LogP contribution in [0, 0.1) is 0 Å². The molecule has 2 aromatic carbocycles. The number of furan rings is 1. The van der Waals surface area contributed by atoms with E-state index in [0.717, 1.165) is 25.0 Å². The minimum Gasteiger partial charge on any atom is -0.491 e. The Morgan fingerprint density at radius 1 is 1.03 bits per heavy atom. The van der Waals surface area contributed by atoms with Crippen LogP contribution in [0.4, 0.5) is 0 Å². The highest BCUT2D eigenvalue weighted by Gasteiger charge is 2.19. The van der Waals surface area contributed by atoms with Gasteiger partial charge in [-0.15, -0.1) is 0 Å². The summed E-state index contributed by atoms with van der Waals surface area (Å²) in [6.07, 6.45) is 3.82. The Morgan fingerprint density at radius 2 is 1.79 bits per heavy atom. The van der Waals surface area contributed by atoms with Gasteiger partial charge in [0.05, 0.1) is 18.9 Å². The van der Waals surface area contributed by atoms with E-state index in [0.29, 0.717) is 42.3 Å². The average molecular weight is 449 g/mol. The molecule has 0 saturated carbocycles. The molecule has 1 aliphatic rings. The second-order valence-corrected chi connectivity index (χ2v) is 7.99. The van der Waals surface area contributed by atoms with Gasteiger partial charge in [-0.05, 0) is 66.9 Å². The molecule has 1 N–H and O–H groups in total. The molecule has 1 fully saturated rings. The van der Waals surface area contributed by atoms with Crippen LogP contribution < -0.4 is 10.1 Å². The molecular weight excluding hydrogens is 420 g/mol. The minimum atomic E-state index is -0.146. The molecule has 0 aliphatic carbocycles. The van der Waals surface area contributed by atoms with Gasteiger partial charge in [-0.1, -0.05) is 12.1 Å². The Balaban J connectivity index is 1.45. The summed E-state index contributed by atoms with van der Waals surface area (Å²) in [4.78, 5) is 26.8. The first-order chi connectivity index (χ1) is 16.1. The molecule has 1 atom stereocenters. The molecule has 1 unspecified atom stereocenters. The molecule has 0 bridgehead atoms. The van der Waals surface area contributed by atoms with E-state index < -0.39 is 0 Å². The predicted octanol–water partition coefficient (Wildman–Crippen LogP) is 4.04. The standard InChI is InChI=1S/C26H28N2O5/c1-27-25(29)20-8-6-19(7-9-20)16-28(17-23-4-2-14-31-23)26(30)21-10-12-22(13-11-21)33-18-24-5-3-15-32-24/h2,4,6-14,24H,3,5,15-18H2,1H3,(H,27,29). The highest BCUT2D eigenvalue weighted by molar-refractivity contribution is 5.95. The molecule has 3 aromatic rings. The van der Waals surface area contributed by atoms with Crippen molar-refractivity contribution >= 4 is 11.8 Å². The normalized spacial score (nSPS) is 15.2. The average Bonchev–Trinajstić information content (AvgIpc) is 3.57. The molecular formula is C26H28N2O5. The molecule has 7 heteroatoms. The summed E-state index contributed by atoms with van der Waals surface area (Å²) in [6, 6.07) is 18.0. The van der Waals surface area contributed by atoms with E-state index >= 15 is 0 Å². The summed E-state index contributed by atoms with van der Waals surface area (Å²) in [5.74, 6) is 1.14. The Morgan fingerprint density at radius 3 is 2.42 bits per heavy atom. The van der Waals surface area contributed by atoms with Crippen molar-refractivity contribution in [1.29, 1.82) is 0 Å². The second-order valence-electron chi connectivity index (χ2n) is 7.99. The topological polar surface area (TPSA) is 81.0 Å². The van der Waals surface area contributed by atoms with Crippen molar-refractivity contribution in [2.75, 3.05) is 20.3 Å². The zero-order chi connectivity index (χ0) is 23.0. The summed E-state index contributed by atoms with van der Waals surface area (Å²) >= 11 is 0. The van der Waals surface area contributed by atoms with Gasteiger partial charge in [0.25, 0.3) is 11.8 Å². The van der Waals surface area contributed by atoms with Gasteiger partial charge in [0.15, 0.2) is 0 Å². The van der Waals surface area contributed by atoms with E-state index in [1.807, 2.05) is 30.3 Å². The van der Waals surface area contributed by atoms with Crippen LogP contribution in [-0.2, 0) is 17.8 Å². The lowest BCUT2D eigenvalue weighted by Gasteiger charge is -2.22. The van der Waals surface area contributed by atoms with Gasteiger partial charge in [0.2, 0.25) is 0 Å². The molecule has 0 radical (unpaired) electrons. The Hall–Kier alpha value is -3.58. The summed E-state index contributed by atoms with van der Waals surface area (Å²) in [7, 11) is 1.60. The van der Waals surface area contributed by atoms with Crippen LogP contribution in [0.1, 0.15) is 44.9 Å². The smallest absolute Gasteiger partial charge is 0.254 e. The predicted molar refractivity (Wildman–Crippen MR) is 123 cm³/mol. The van der Waals surface area contributed by atoms with Crippen molar-refractivity contribution in [3.05, 3.63) is 89.4 Å². The first kappa shape index (κ1) is 22.6. The maximum atomic E-state index is 13.3. The number of ether oxygens (including phenoxy) is 2. The fraction of sp³-hybridized carbons (Fsp3) is 0.308. The summed E-state index contributed by atoms with van der Waals surface area (Å²) in [5.41, 5.74) is 2.05. The minimum absolute atomic E-state index is 0.118. The van der Waals surface area contributed by atoms with Crippen LogP contribution in [0.25, 0.3) is 0 Å². The van der Waals surface area contributed by atoms with Gasteiger partial charge >= 0.3 is 0 Å². The molecule has 1 aliphatic heterocycles. The Labute approximate surface area is 193 Å². The SMILES string of the molecule is CNC(=O)c1ccc(CN(Cc2ccco2)C(=O)c2ccc(OCC3CCCO3)cc2)cc1. The van der Waals surface area contributed by atoms with Crippen molar-refractivity contribution in [3.63, 3.8) is 0 Å². The third kappa shape index (κ3) is 6.02. The number of rotatable bonds is 9. The van der Waals surface area contributed by atoms with Gasteiger partial charge in [0.1, 0.15) is 18.1 Å². The number of benzene rings is 2. The third-order valence-electron chi connectivity index (χ3n) is 5.59. The number of carbonyl (C=O) groups excluding carboxylic acids is 2. The summed E-state index contributed by atoms with van der Waals surface area (Å²) in [6.45, 7) is 2.02. The molecule has 2 heterocycles. The van der Waals surface area contributed by atoms with E-state index in [1.54, 1.807) is 48.5 Å². The molecule has 172 valence electrons. The number of nitrogens with one attached hydrogen (secondary N) is 1. The van der Waals surface area contributed by atoms with Crippen molar-refractivity contribution in [2.24, 2.45) is 0 Å². The fourth-order valence-corrected chi connectivity index (χ4v) is 3.76. The van der Waals surface area contributed by atoms with Crippen molar-refractivity contribution in [1.82, 2.24) is 10.2 Å². The quantitative estimate of drug-likeness (QED) is 0.534.